The number of nitrogens with zero attached hydrogens (tertiary/aromatic N) is 1. The molecule has 0 aromatic heterocycles. The first-order valence-electron chi connectivity index (χ1n) is 8.02. The Morgan fingerprint density at radius 2 is 1.91 bits per heavy atom. The Hall–Kier alpha value is -1.55. The van der Waals surface area contributed by atoms with E-state index in [-0.39, 0.29) is 12.2 Å². The third-order valence-electron chi connectivity index (χ3n) is 3.86. The molecular formula is C18H27NO3. The molecule has 0 aliphatic carbocycles. The molecule has 1 aromatic carbocycles. The van der Waals surface area contributed by atoms with E-state index in [4.69, 9.17) is 9.47 Å². The number of carbonyl (C=O) groups is 1. The predicted octanol–water partition coefficient (Wildman–Crippen LogP) is 3.85. The minimum atomic E-state index is -0.457. The summed E-state index contributed by atoms with van der Waals surface area (Å²) in [5.41, 5.74) is 0.704. The molecule has 0 saturated carbocycles. The van der Waals surface area contributed by atoms with Crippen molar-refractivity contribution in [3.05, 3.63) is 35.9 Å². The fraction of sp³-hybridized carbons (Fsp3) is 0.611. The molecular weight excluding hydrogens is 278 g/mol. The third-order valence-corrected chi connectivity index (χ3v) is 3.86. The second-order valence-electron chi connectivity index (χ2n) is 6.89. The summed E-state index contributed by atoms with van der Waals surface area (Å²) in [6, 6.07) is 10.1. The summed E-state index contributed by atoms with van der Waals surface area (Å²) < 4.78 is 11.5. The van der Waals surface area contributed by atoms with Crippen molar-refractivity contribution < 1.29 is 14.3 Å². The van der Waals surface area contributed by atoms with Crippen LogP contribution in [0.15, 0.2) is 30.3 Å². The van der Waals surface area contributed by atoms with E-state index >= 15 is 0 Å². The zero-order valence-corrected chi connectivity index (χ0v) is 14.0. The average Bonchev–Trinajstić information content (AvgIpc) is 2.88. The number of amides is 1. The lowest BCUT2D eigenvalue weighted by Crippen LogP contribution is -2.36. The third kappa shape index (κ3) is 4.73. The Labute approximate surface area is 133 Å². The number of carbonyl (C=O) groups excluding carboxylic acids is 1. The van der Waals surface area contributed by atoms with Crippen molar-refractivity contribution in [3.8, 4) is 0 Å². The summed E-state index contributed by atoms with van der Waals surface area (Å²) in [5, 5.41) is 0. The maximum Gasteiger partial charge on any atom is 0.410 e. The van der Waals surface area contributed by atoms with Crippen molar-refractivity contribution in [2.75, 3.05) is 13.1 Å². The fourth-order valence-electron chi connectivity index (χ4n) is 2.68. The normalized spacial score (nSPS) is 21.9. The lowest BCUT2D eigenvalue weighted by atomic mass is 10.0. The van der Waals surface area contributed by atoms with Crippen molar-refractivity contribution in [1.82, 2.24) is 4.90 Å². The summed E-state index contributed by atoms with van der Waals surface area (Å²) in [5.74, 6) is 0.372. The minimum absolute atomic E-state index is 0.0812. The van der Waals surface area contributed by atoms with Crippen molar-refractivity contribution in [2.24, 2.45) is 5.92 Å². The van der Waals surface area contributed by atoms with Gasteiger partial charge in [0, 0.05) is 12.5 Å². The zero-order valence-electron chi connectivity index (χ0n) is 14.0. The van der Waals surface area contributed by atoms with Gasteiger partial charge >= 0.3 is 6.09 Å². The molecule has 4 nitrogen and oxygen atoms in total. The van der Waals surface area contributed by atoms with Crippen LogP contribution in [0, 0.1) is 5.92 Å². The molecule has 0 spiro atoms. The van der Waals surface area contributed by atoms with Gasteiger partial charge in [0.05, 0.1) is 19.3 Å². The Morgan fingerprint density at radius 3 is 2.50 bits per heavy atom. The molecule has 2 unspecified atom stereocenters. The van der Waals surface area contributed by atoms with E-state index in [2.05, 4.69) is 19.1 Å². The van der Waals surface area contributed by atoms with Crippen LogP contribution >= 0.6 is 0 Å². The number of rotatable bonds is 4. The summed E-state index contributed by atoms with van der Waals surface area (Å²) in [6.45, 7) is 9.72. The molecule has 0 N–H and O–H groups in total. The van der Waals surface area contributed by atoms with E-state index in [1.54, 1.807) is 4.90 Å². The minimum Gasteiger partial charge on any atom is -0.444 e. The van der Waals surface area contributed by atoms with Crippen molar-refractivity contribution in [1.29, 1.82) is 0 Å². The van der Waals surface area contributed by atoms with E-state index in [9.17, 15) is 4.79 Å². The first-order chi connectivity index (χ1) is 10.4. The lowest BCUT2D eigenvalue weighted by Gasteiger charge is -2.24. The summed E-state index contributed by atoms with van der Waals surface area (Å²) in [7, 11) is 0. The van der Waals surface area contributed by atoms with Gasteiger partial charge in [0.15, 0.2) is 0 Å². The maximum atomic E-state index is 12.2. The highest BCUT2D eigenvalue weighted by Gasteiger charge is 2.36. The quantitative estimate of drug-likeness (QED) is 0.848. The van der Waals surface area contributed by atoms with E-state index in [0.717, 1.165) is 12.0 Å². The number of hydrogen-bond acceptors (Lipinski definition) is 3. The highest BCUT2D eigenvalue weighted by molar-refractivity contribution is 5.68. The molecule has 4 heteroatoms. The molecule has 1 fully saturated rings. The molecule has 122 valence electrons. The Morgan fingerprint density at radius 1 is 1.23 bits per heavy atom. The smallest absolute Gasteiger partial charge is 0.410 e. The second-order valence-corrected chi connectivity index (χ2v) is 6.89. The molecule has 0 bridgehead atoms. The van der Waals surface area contributed by atoms with E-state index in [1.165, 1.54) is 0 Å². The number of likely N-dealkylation sites (tertiary alicyclic amines) is 1. The molecule has 22 heavy (non-hydrogen) atoms. The largest absolute Gasteiger partial charge is 0.444 e. The lowest BCUT2D eigenvalue weighted by molar-refractivity contribution is 0.0119. The zero-order chi connectivity index (χ0) is 16.2. The maximum absolute atomic E-state index is 12.2. The summed E-state index contributed by atoms with van der Waals surface area (Å²) in [4.78, 5) is 14.0. The summed E-state index contributed by atoms with van der Waals surface area (Å²) >= 11 is 0. The van der Waals surface area contributed by atoms with Gasteiger partial charge in [-0.15, -0.1) is 0 Å². The van der Waals surface area contributed by atoms with Gasteiger partial charge in [0.1, 0.15) is 5.60 Å². The van der Waals surface area contributed by atoms with Gasteiger partial charge in [-0.3, -0.25) is 0 Å². The average molecular weight is 305 g/mol. The van der Waals surface area contributed by atoms with Gasteiger partial charge < -0.3 is 14.4 Å². The highest BCUT2D eigenvalue weighted by atomic mass is 16.6. The fourth-order valence-corrected chi connectivity index (χ4v) is 2.68. The standard InChI is InChI=1S/C18H27NO3/c1-5-15-11-19(17(20)22-18(2,3)4)12-16(15)21-13-14-9-7-6-8-10-14/h6-10,15-16H,5,11-13H2,1-4H3. The van der Waals surface area contributed by atoms with Gasteiger partial charge in [-0.1, -0.05) is 37.3 Å². The van der Waals surface area contributed by atoms with Crippen LogP contribution in [0.1, 0.15) is 39.7 Å². The van der Waals surface area contributed by atoms with Gasteiger partial charge in [0.2, 0.25) is 0 Å². The van der Waals surface area contributed by atoms with Gasteiger partial charge in [0.25, 0.3) is 0 Å². The SMILES string of the molecule is CCC1CN(C(=O)OC(C)(C)C)CC1OCc1ccccc1. The van der Waals surface area contributed by atoms with Gasteiger partial charge in [-0.25, -0.2) is 4.79 Å². The van der Waals surface area contributed by atoms with Crippen LogP contribution in [0.25, 0.3) is 0 Å². The molecule has 1 amide bonds. The van der Waals surface area contributed by atoms with E-state index in [0.29, 0.717) is 25.6 Å². The van der Waals surface area contributed by atoms with Crippen LogP contribution in [0.4, 0.5) is 4.79 Å². The molecule has 1 heterocycles. The van der Waals surface area contributed by atoms with Crippen molar-refractivity contribution in [2.45, 2.75) is 52.4 Å². The first kappa shape index (κ1) is 16.8. The second kappa shape index (κ2) is 7.14. The molecule has 1 aromatic rings. The summed E-state index contributed by atoms with van der Waals surface area (Å²) in [6.07, 6.45) is 0.841. The number of hydrogen-bond donors (Lipinski definition) is 0. The van der Waals surface area contributed by atoms with Crippen LogP contribution in [0.5, 0.6) is 0 Å². The van der Waals surface area contributed by atoms with Crippen molar-refractivity contribution in [3.63, 3.8) is 0 Å². The highest BCUT2D eigenvalue weighted by Crippen LogP contribution is 2.25. The molecule has 1 saturated heterocycles. The Kier molecular flexibility index (Phi) is 5.46. The number of ether oxygens (including phenoxy) is 2. The molecule has 2 atom stereocenters. The van der Waals surface area contributed by atoms with Crippen LogP contribution < -0.4 is 0 Å². The van der Waals surface area contributed by atoms with Gasteiger partial charge in [-0.2, -0.15) is 0 Å². The molecule has 1 aliphatic heterocycles. The van der Waals surface area contributed by atoms with E-state index < -0.39 is 5.60 Å². The topological polar surface area (TPSA) is 38.8 Å². The van der Waals surface area contributed by atoms with E-state index in [1.807, 2.05) is 39.0 Å². The number of benzene rings is 1. The molecule has 2 rings (SSSR count). The van der Waals surface area contributed by atoms with Crippen LogP contribution in [0.3, 0.4) is 0 Å². The Bertz CT molecular complexity index is 481. The monoisotopic (exact) mass is 305 g/mol. The van der Waals surface area contributed by atoms with Gasteiger partial charge in [-0.05, 0) is 32.8 Å². The first-order valence-corrected chi connectivity index (χ1v) is 8.02. The molecule has 1 aliphatic rings. The van der Waals surface area contributed by atoms with Crippen LogP contribution in [-0.4, -0.2) is 35.8 Å². The molecule has 0 radical (unpaired) electrons. The van der Waals surface area contributed by atoms with Crippen LogP contribution in [0.2, 0.25) is 0 Å². The predicted molar refractivity (Wildman–Crippen MR) is 86.6 cm³/mol. The van der Waals surface area contributed by atoms with Crippen LogP contribution in [-0.2, 0) is 16.1 Å². The van der Waals surface area contributed by atoms with Crippen molar-refractivity contribution >= 4 is 6.09 Å². The Balaban J connectivity index is 1.90.